The van der Waals surface area contributed by atoms with Crippen molar-refractivity contribution in [3.8, 4) is 5.88 Å². The van der Waals surface area contributed by atoms with Crippen LogP contribution in [0.5, 0.6) is 5.88 Å². The van der Waals surface area contributed by atoms with Crippen molar-refractivity contribution in [3.05, 3.63) is 11.9 Å². The first-order valence-corrected chi connectivity index (χ1v) is 7.51. The Labute approximate surface area is 115 Å². The van der Waals surface area contributed by atoms with Crippen LogP contribution in [0, 0.1) is 5.92 Å². The average Bonchev–Trinajstić information content (AvgIpc) is 2.38. The van der Waals surface area contributed by atoms with Crippen LogP contribution in [0.3, 0.4) is 0 Å². The van der Waals surface area contributed by atoms with Crippen LogP contribution < -0.4 is 10.5 Å². The van der Waals surface area contributed by atoms with Crippen LogP contribution in [0.15, 0.2) is 6.07 Å². The fourth-order valence-corrected chi connectivity index (χ4v) is 2.78. The van der Waals surface area contributed by atoms with E-state index in [1.54, 1.807) is 6.07 Å². The van der Waals surface area contributed by atoms with Crippen molar-refractivity contribution in [2.75, 3.05) is 5.73 Å². The highest BCUT2D eigenvalue weighted by Gasteiger charge is 2.22. The maximum atomic E-state index is 6.02. The van der Waals surface area contributed by atoms with Crippen molar-refractivity contribution < 1.29 is 4.74 Å². The summed E-state index contributed by atoms with van der Waals surface area (Å²) in [4.78, 5) is 8.69. The van der Waals surface area contributed by atoms with Gasteiger partial charge in [0.05, 0.1) is 0 Å². The van der Waals surface area contributed by atoms with Crippen molar-refractivity contribution in [2.24, 2.45) is 5.92 Å². The molecule has 0 bridgehead atoms. The maximum Gasteiger partial charge on any atom is 0.218 e. The molecule has 4 nitrogen and oxygen atoms in total. The van der Waals surface area contributed by atoms with E-state index in [2.05, 4.69) is 23.8 Å². The van der Waals surface area contributed by atoms with Gasteiger partial charge in [0, 0.05) is 12.5 Å². The summed E-state index contributed by atoms with van der Waals surface area (Å²) in [6.07, 6.45) is 8.27. The molecule has 2 rings (SSSR count). The van der Waals surface area contributed by atoms with Gasteiger partial charge in [-0.25, -0.2) is 4.98 Å². The molecule has 1 saturated carbocycles. The standard InChI is InChI=1S/C15H25N3O/c1-3-6-14-17-13(16)10-15(18-14)19-12-8-5-7-11(4-2)9-12/h10-12H,3-9H2,1-2H3,(H2,16,17,18). The molecule has 1 fully saturated rings. The molecule has 1 aromatic heterocycles. The van der Waals surface area contributed by atoms with Gasteiger partial charge in [-0.1, -0.05) is 26.7 Å². The highest BCUT2D eigenvalue weighted by atomic mass is 16.5. The number of rotatable bonds is 5. The first-order chi connectivity index (χ1) is 9.21. The molecule has 1 aliphatic rings. The number of aryl methyl sites for hydroxylation is 1. The molecule has 0 spiro atoms. The Balaban J connectivity index is 2.01. The molecule has 4 heteroatoms. The average molecular weight is 263 g/mol. The van der Waals surface area contributed by atoms with Gasteiger partial charge in [0.2, 0.25) is 5.88 Å². The number of ether oxygens (including phenoxy) is 1. The summed E-state index contributed by atoms with van der Waals surface area (Å²) in [5.41, 5.74) is 5.82. The largest absolute Gasteiger partial charge is 0.474 e. The Bertz CT molecular complexity index is 408. The predicted octanol–water partition coefficient (Wildman–Crippen LogP) is 3.36. The van der Waals surface area contributed by atoms with Gasteiger partial charge in [0.1, 0.15) is 17.7 Å². The van der Waals surface area contributed by atoms with Gasteiger partial charge >= 0.3 is 0 Å². The van der Waals surface area contributed by atoms with Crippen LogP contribution in [0.2, 0.25) is 0 Å². The van der Waals surface area contributed by atoms with Gasteiger partial charge in [0.25, 0.3) is 0 Å². The molecule has 1 aliphatic carbocycles. The molecule has 1 heterocycles. The molecule has 0 aromatic carbocycles. The molecule has 2 atom stereocenters. The summed E-state index contributed by atoms with van der Waals surface area (Å²) in [6.45, 7) is 4.37. The quantitative estimate of drug-likeness (QED) is 0.885. The second kappa shape index (κ2) is 6.73. The van der Waals surface area contributed by atoms with Gasteiger partial charge in [-0.15, -0.1) is 0 Å². The van der Waals surface area contributed by atoms with Crippen LogP contribution in [-0.2, 0) is 6.42 Å². The molecule has 0 amide bonds. The first kappa shape index (κ1) is 14.1. The Hall–Kier alpha value is -1.32. The maximum absolute atomic E-state index is 6.02. The zero-order valence-corrected chi connectivity index (χ0v) is 12.1. The smallest absolute Gasteiger partial charge is 0.218 e. The molecule has 19 heavy (non-hydrogen) atoms. The summed E-state index contributed by atoms with van der Waals surface area (Å²) in [7, 11) is 0. The van der Waals surface area contributed by atoms with Crippen molar-refractivity contribution in [1.29, 1.82) is 0 Å². The summed E-state index contributed by atoms with van der Waals surface area (Å²) in [5.74, 6) is 2.75. The highest BCUT2D eigenvalue weighted by Crippen LogP contribution is 2.29. The van der Waals surface area contributed by atoms with E-state index in [4.69, 9.17) is 10.5 Å². The predicted molar refractivity (Wildman–Crippen MR) is 77.1 cm³/mol. The van der Waals surface area contributed by atoms with E-state index < -0.39 is 0 Å². The third-order valence-corrected chi connectivity index (χ3v) is 3.84. The number of hydrogen-bond donors (Lipinski definition) is 1. The minimum Gasteiger partial charge on any atom is -0.474 e. The van der Waals surface area contributed by atoms with E-state index in [0.29, 0.717) is 17.8 Å². The van der Waals surface area contributed by atoms with Crippen molar-refractivity contribution in [1.82, 2.24) is 9.97 Å². The lowest BCUT2D eigenvalue weighted by atomic mass is 9.85. The summed E-state index contributed by atoms with van der Waals surface area (Å²) >= 11 is 0. The summed E-state index contributed by atoms with van der Waals surface area (Å²) in [5, 5.41) is 0. The Morgan fingerprint density at radius 2 is 2.16 bits per heavy atom. The third-order valence-electron chi connectivity index (χ3n) is 3.84. The zero-order valence-electron chi connectivity index (χ0n) is 12.1. The molecule has 106 valence electrons. The summed E-state index contributed by atoms with van der Waals surface area (Å²) < 4.78 is 6.02. The van der Waals surface area contributed by atoms with Gasteiger partial charge in [0.15, 0.2) is 0 Å². The van der Waals surface area contributed by atoms with Crippen LogP contribution in [0.1, 0.15) is 58.2 Å². The Morgan fingerprint density at radius 3 is 2.89 bits per heavy atom. The fourth-order valence-electron chi connectivity index (χ4n) is 2.78. The summed E-state index contributed by atoms with van der Waals surface area (Å²) in [6, 6.07) is 1.74. The van der Waals surface area contributed by atoms with Gasteiger partial charge < -0.3 is 10.5 Å². The lowest BCUT2D eigenvalue weighted by molar-refractivity contribution is 0.117. The molecule has 0 radical (unpaired) electrons. The van der Waals surface area contributed by atoms with Crippen LogP contribution in [-0.4, -0.2) is 16.1 Å². The number of anilines is 1. The molecule has 0 saturated heterocycles. The fraction of sp³-hybridized carbons (Fsp3) is 0.733. The van der Waals surface area contributed by atoms with Gasteiger partial charge in [-0.05, 0) is 31.6 Å². The van der Waals surface area contributed by atoms with Crippen LogP contribution in [0.4, 0.5) is 5.82 Å². The monoisotopic (exact) mass is 263 g/mol. The van der Waals surface area contributed by atoms with Gasteiger partial charge in [-0.2, -0.15) is 4.98 Å². The Morgan fingerprint density at radius 1 is 1.32 bits per heavy atom. The SMILES string of the molecule is CCCc1nc(N)cc(OC2CCCC(CC)C2)n1. The normalized spacial score (nSPS) is 23.3. The van der Waals surface area contributed by atoms with Crippen molar-refractivity contribution in [2.45, 2.75) is 64.9 Å². The third kappa shape index (κ3) is 4.08. The number of nitrogen functional groups attached to an aromatic ring is 1. The molecular formula is C15H25N3O. The Kier molecular flexibility index (Phi) is 5.00. The second-order valence-corrected chi connectivity index (χ2v) is 5.48. The second-order valence-electron chi connectivity index (χ2n) is 5.48. The van der Waals surface area contributed by atoms with E-state index >= 15 is 0 Å². The molecule has 2 N–H and O–H groups in total. The van der Waals surface area contributed by atoms with E-state index in [0.717, 1.165) is 37.4 Å². The molecule has 0 aliphatic heterocycles. The highest BCUT2D eigenvalue weighted by molar-refractivity contribution is 5.33. The number of nitrogens with zero attached hydrogens (tertiary/aromatic N) is 2. The lowest BCUT2D eigenvalue weighted by Gasteiger charge is -2.28. The van der Waals surface area contributed by atoms with Crippen LogP contribution in [0.25, 0.3) is 0 Å². The van der Waals surface area contributed by atoms with E-state index in [1.807, 2.05) is 0 Å². The van der Waals surface area contributed by atoms with E-state index in [-0.39, 0.29) is 0 Å². The lowest BCUT2D eigenvalue weighted by Crippen LogP contribution is -2.25. The van der Waals surface area contributed by atoms with E-state index in [1.165, 1.54) is 19.3 Å². The van der Waals surface area contributed by atoms with Gasteiger partial charge in [-0.3, -0.25) is 0 Å². The zero-order chi connectivity index (χ0) is 13.7. The van der Waals surface area contributed by atoms with Crippen molar-refractivity contribution in [3.63, 3.8) is 0 Å². The minimum absolute atomic E-state index is 0.294. The molecule has 1 aromatic rings. The molecule has 2 unspecified atom stereocenters. The van der Waals surface area contributed by atoms with Crippen molar-refractivity contribution >= 4 is 5.82 Å². The number of aromatic nitrogens is 2. The minimum atomic E-state index is 0.294. The topological polar surface area (TPSA) is 61.0 Å². The number of nitrogens with two attached hydrogens (primary N) is 1. The molecular weight excluding hydrogens is 238 g/mol. The first-order valence-electron chi connectivity index (χ1n) is 7.51. The number of hydrogen-bond acceptors (Lipinski definition) is 4. The van der Waals surface area contributed by atoms with E-state index in [9.17, 15) is 0 Å². The van der Waals surface area contributed by atoms with Crippen LogP contribution >= 0.6 is 0 Å².